The Labute approximate surface area is 130 Å². The van der Waals surface area contributed by atoms with Gasteiger partial charge in [-0.25, -0.2) is 0 Å². The number of carbonyl (C=O) groups excluding carboxylic acids is 1. The monoisotopic (exact) mass is 317 g/mol. The summed E-state index contributed by atoms with van der Waals surface area (Å²) in [6.07, 6.45) is 2.98. The molecule has 0 saturated heterocycles. The third-order valence-electron chi connectivity index (χ3n) is 3.18. The average molecular weight is 318 g/mol. The zero-order valence-corrected chi connectivity index (χ0v) is 13.2. The van der Waals surface area contributed by atoms with E-state index in [0.29, 0.717) is 28.9 Å². The molecule has 0 spiro atoms. The third-order valence-corrected chi connectivity index (χ3v) is 3.78. The zero-order valence-electron chi connectivity index (χ0n) is 11.7. The van der Waals surface area contributed by atoms with Gasteiger partial charge in [-0.05, 0) is 42.5 Å². The van der Waals surface area contributed by atoms with Crippen molar-refractivity contribution in [1.82, 2.24) is 5.32 Å². The normalized spacial score (nSPS) is 12.2. The lowest BCUT2D eigenvalue weighted by molar-refractivity contribution is -0.120. The second-order valence-corrected chi connectivity index (χ2v) is 5.73. The summed E-state index contributed by atoms with van der Waals surface area (Å²) in [4.78, 5) is 11.9. The number of halogens is 2. The van der Waals surface area contributed by atoms with Gasteiger partial charge in [0.2, 0.25) is 5.91 Å². The molecule has 20 heavy (non-hydrogen) atoms. The summed E-state index contributed by atoms with van der Waals surface area (Å²) in [7, 11) is 0. The van der Waals surface area contributed by atoms with Crippen LogP contribution in [0.15, 0.2) is 18.2 Å². The lowest BCUT2D eigenvalue weighted by atomic mass is 10.00. The third kappa shape index (κ3) is 6.12. The van der Waals surface area contributed by atoms with Crippen molar-refractivity contribution in [2.24, 2.45) is 5.92 Å². The van der Waals surface area contributed by atoms with Gasteiger partial charge in [0.25, 0.3) is 0 Å². The molecule has 112 valence electrons. The van der Waals surface area contributed by atoms with Gasteiger partial charge in [0.15, 0.2) is 0 Å². The van der Waals surface area contributed by atoms with Gasteiger partial charge < -0.3 is 10.4 Å². The number of benzene rings is 1. The summed E-state index contributed by atoms with van der Waals surface area (Å²) in [6.45, 7) is 2.84. The van der Waals surface area contributed by atoms with Crippen molar-refractivity contribution < 1.29 is 9.90 Å². The van der Waals surface area contributed by atoms with Crippen molar-refractivity contribution in [3.05, 3.63) is 33.8 Å². The van der Waals surface area contributed by atoms with E-state index in [-0.39, 0.29) is 18.9 Å². The van der Waals surface area contributed by atoms with E-state index >= 15 is 0 Å². The Morgan fingerprint density at radius 3 is 2.75 bits per heavy atom. The van der Waals surface area contributed by atoms with Gasteiger partial charge >= 0.3 is 0 Å². The Bertz CT molecular complexity index is 432. The molecule has 0 fully saturated rings. The summed E-state index contributed by atoms with van der Waals surface area (Å²) in [5, 5.41) is 13.0. The fourth-order valence-electron chi connectivity index (χ4n) is 2.11. The minimum Gasteiger partial charge on any atom is -0.396 e. The number of amides is 1. The van der Waals surface area contributed by atoms with E-state index in [1.807, 2.05) is 0 Å². The highest BCUT2D eigenvalue weighted by atomic mass is 35.5. The summed E-state index contributed by atoms with van der Waals surface area (Å²) >= 11 is 11.9. The van der Waals surface area contributed by atoms with E-state index in [4.69, 9.17) is 28.3 Å². The molecule has 1 aromatic rings. The second kappa shape index (κ2) is 9.22. The smallest absolute Gasteiger partial charge is 0.224 e. The van der Waals surface area contributed by atoms with Gasteiger partial charge in [-0.1, -0.05) is 36.5 Å². The first-order chi connectivity index (χ1) is 9.56. The van der Waals surface area contributed by atoms with E-state index < -0.39 is 0 Å². The molecule has 3 nitrogen and oxygen atoms in total. The van der Waals surface area contributed by atoms with Crippen molar-refractivity contribution in [3.63, 3.8) is 0 Å². The van der Waals surface area contributed by atoms with Crippen LogP contribution in [0.25, 0.3) is 0 Å². The highest BCUT2D eigenvalue weighted by Gasteiger charge is 2.11. The summed E-state index contributed by atoms with van der Waals surface area (Å²) in [5.74, 6) is 0.247. The number of carbonyl (C=O) groups is 1. The Hall–Kier alpha value is -0.770. The fourth-order valence-corrected chi connectivity index (χ4v) is 2.49. The maximum absolute atomic E-state index is 11.9. The van der Waals surface area contributed by atoms with Crippen LogP contribution in [0.4, 0.5) is 0 Å². The molecule has 0 heterocycles. The molecule has 1 rings (SSSR count). The largest absolute Gasteiger partial charge is 0.396 e. The predicted octanol–water partition coefficient (Wildman–Crippen LogP) is 3.45. The highest BCUT2D eigenvalue weighted by Crippen LogP contribution is 2.21. The average Bonchev–Trinajstić information content (AvgIpc) is 2.41. The van der Waals surface area contributed by atoms with Gasteiger partial charge in [0, 0.05) is 23.2 Å². The molecule has 1 unspecified atom stereocenters. The Morgan fingerprint density at radius 1 is 1.35 bits per heavy atom. The minimum atomic E-state index is -0.0757. The van der Waals surface area contributed by atoms with Crippen molar-refractivity contribution >= 4 is 29.1 Å². The number of aliphatic hydroxyl groups excluding tert-OH is 1. The molecule has 0 bridgehead atoms. The lowest BCUT2D eigenvalue weighted by Gasteiger charge is -2.15. The molecular formula is C15H21Cl2NO2. The van der Waals surface area contributed by atoms with Crippen LogP contribution in [-0.4, -0.2) is 24.2 Å². The van der Waals surface area contributed by atoms with Crippen molar-refractivity contribution in [2.45, 2.75) is 32.6 Å². The lowest BCUT2D eigenvalue weighted by Crippen LogP contribution is -2.31. The van der Waals surface area contributed by atoms with Gasteiger partial charge in [-0.2, -0.15) is 0 Å². The van der Waals surface area contributed by atoms with E-state index in [1.165, 1.54) is 0 Å². The van der Waals surface area contributed by atoms with E-state index in [1.54, 1.807) is 18.2 Å². The Balaban J connectivity index is 2.48. The van der Waals surface area contributed by atoms with Gasteiger partial charge in [-0.3, -0.25) is 4.79 Å². The molecule has 1 aromatic carbocycles. The van der Waals surface area contributed by atoms with Gasteiger partial charge in [0.05, 0.1) is 6.42 Å². The number of nitrogens with one attached hydrogen (secondary N) is 1. The van der Waals surface area contributed by atoms with E-state index in [9.17, 15) is 4.79 Å². The topological polar surface area (TPSA) is 49.3 Å². The summed E-state index contributed by atoms with van der Waals surface area (Å²) in [5.41, 5.74) is 0.728. The molecule has 0 aliphatic heterocycles. The Kier molecular flexibility index (Phi) is 7.97. The van der Waals surface area contributed by atoms with Crippen LogP contribution >= 0.6 is 23.2 Å². The van der Waals surface area contributed by atoms with Crippen LogP contribution in [0.3, 0.4) is 0 Å². The molecule has 0 aliphatic carbocycles. The summed E-state index contributed by atoms with van der Waals surface area (Å²) in [6, 6.07) is 5.10. The van der Waals surface area contributed by atoms with Gasteiger partial charge in [0.1, 0.15) is 0 Å². The molecule has 5 heteroatoms. The molecule has 0 radical (unpaired) electrons. The molecule has 1 amide bonds. The van der Waals surface area contributed by atoms with Crippen LogP contribution in [0.1, 0.15) is 31.7 Å². The summed E-state index contributed by atoms with van der Waals surface area (Å²) < 4.78 is 0. The number of rotatable bonds is 8. The first-order valence-corrected chi connectivity index (χ1v) is 7.63. The maximum atomic E-state index is 11.9. The molecule has 0 aromatic heterocycles. The predicted molar refractivity (Wildman–Crippen MR) is 83.3 cm³/mol. The van der Waals surface area contributed by atoms with Crippen molar-refractivity contribution in [3.8, 4) is 0 Å². The fraction of sp³-hybridized carbons (Fsp3) is 0.533. The van der Waals surface area contributed by atoms with Crippen LogP contribution in [0, 0.1) is 5.92 Å². The maximum Gasteiger partial charge on any atom is 0.224 e. The number of hydrogen-bond acceptors (Lipinski definition) is 2. The number of aliphatic hydroxyl groups is 1. The van der Waals surface area contributed by atoms with Crippen LogP contribution in [-0.2, 0) is 11.2 Å². The molecule has 1 atom stereocenters. The van der Waals surface area contributed by atoms with Gasteiger partial charge in [-0.15, -0.1) is 0 Å². The standard InChI is InChI=1S/C15H21Cl2NO2/c1-2-3-11(6-7-19)10-18-15(20)9-12-8-13(16)4-5-14(12)17/h4-5,8,11,19H,2-3,6-7,9-10H2,1H3,(H,18,20). The number of hydrogen-bond donors (Lipinski definition) is 2. The zero-order chi connectivity index (χ0) is 15.0. The highest BCUT2D eigenvalue weighted by molar-refractivity contribution is 6.33. The molecular weight excluding hydrogens is 297 g/mol. The molecule has 0 saturated carbocycles. The molecule has 2 N–H and O–H groups in total. The first kappa shape index (κ1) is 17.3. The quantitative estimate of drug-likeness (QED) is 0.771. The van der Waals surface area contributed by atoms with Crippen LogP contribution < -0.4 is 5.32 Å². The van der Waals surface area contributed by atoms with Crippen molar-refractivity contribution in [1.29, 1.82) is 0 Å². The second-order valence-electron chi connectivity index (χ2n) is 4.88. The van der Waals surface area contributed by atoms with E-state index in [2.05, 4.69) is 12.2 Å². The molecule has 0 aliphatic rings. The van der Waals surface area contributed by atoms with E-state index in [0.717, 1.165) is 18.4 Å². The minimum absolute atomic E-state index is 0.0757. The Morgan fingerprint density at radius 2 is 2.10 bits per heavy atom. The SMILES string of the molecule is CCCC(CCO)CNC(=O)Cc1cc(Cl)ccc1Cl. The first-order valence-electron chi connectivity index (χ1n) is 6.88. The van der Waals surface area contributed by atoms with Crippen LogP contribution in [0.2, 0.25) is 10.0 Å². The van der Waals surface area contributed by atoms with Crippen LogP contribution in [0.5, 0.6) is 0 Å². The van der Waals surface area contributed by atoms with Crippen molar-refractivity contribution in [2.75, 3.05) is 13.2 Å².